The largest absolute Gasteiger partial charge is 0.349 e. The monoisotopic (exact) mass is 401 g/mol. The lowest BCUT2D eigenvalue weighted by atomic mass is 10.1. The number of aromatic nitrogens is 4. The maximum absolute atomic E-state index is 12.4. The summed E-state index contributed by atoms with van der Waals surface area (Å²) in [6.07, 6.45) is 2.46. The van der Waals surface area contributed by atoms with Crippen LogP contribution in [0.5, 0.6) is 0 Å². The number of rotatable bonds is 7. The summed E-state index contributed by atoms with van der Waals surface area (Å²) in [6, 6.07) is 19.4. The van der Waals surface area contributed by atoms with Crippen LogP contribution < -0.4 is 5.32 Å². The molecule has 2 aromatic carbocycles. The zero-order valence-corrected chi connectivity index (χ0v) is 16.9. The van der Waals surface area contributed by atoms with Crippen LogP contribution in [0.2, 0.25) is 0 Å². The Bertz CT molecular complexity index is 1120. The highest BCUT2D eigenvalue weighted by molar-refractivity contribution is 5.76. The zero-order valence-electron chi connectivity index (χ0n) is 16.9. The van der Waals surface area contributed by atoms with E-state index in [0.29, 0.717) is 18.1 Å². The molecule has 7 heteroatoms. The molecule has 2 aromatic heterocycles. The van der Waals surface area contributed by atoms with Gasteiger partial charge in [0.2, 0.25) is 17.6 Å². The minimum absolute atomic E-state index is 0.0752. The van der Waals surface area contributed by atoms with Crippen LogP contribution >= 0.6 is 0 Å². The zero-order chi connectivity index (χ0) is 20.9. The van der Waals surface area contributed by atoms with Crippen molar-refractivity contribution in [3.8, 4) is 17.1 Å². The van der Waals surface area contributed by atoms with Crippen molar-refractivity contribution in [2.24, 2.45) is 0 Å². The third kappa shape index (κ3) is 4.30. The van der Waals surface area contributed by atoms with Gasteiger partial charge in [0.1, 0.15) is 0 Å². The Morgan fingerprint density at radius 2 is 1.80 bits per heavy atom. The number of carbonyl (C=O) groups is 1. The fourth-order valence-electron chi connectivity index (χ4n) is 3.35. The van der Waals surface area contributed by atoms with E-state index in [-0.39, 0.29) is 18.4 Å². The fraction of sp³-hybridized carbons (Fsp3) is 0.217. The molecule has 1 unspecified atom stereocenters. The van der Waals surface area contributed by atoms with Crippen LogP contribution in [-0.2, 0) is 11.2 Å². The molecule has 4 rings (SSSR count). The maximum Gasteiger partial charge on any atom is 0.227 e. The standard InChI is InChI=1S/C23H23N5O2/c1-16(20-15-24-28(17(20)2)19-11-7-4-8-12-19)25-21(29)13-14-22-26-23(27-30-22)18-9-5-3-6-10-18/h3-12,15-16H,13-14H2,1-2H3,(H,25,29). The number of hydrogen-bond donors (Lipinski definition) is 1. The second kappa shape index (κ2) is 8.73. The van der Waals surface area contributed by atoms with Gasteiger partial charge in [0, 0.05) is 29.7 Å². The first-order chi connectivity index (χ1) is 14.6. The van der Waals surface area contributed by atoms with Gasteiger partial charge in [0.05, 0.1) is 17.9 Å². The third-order valence-corrected chi connectivity index (χ3v) is 4.96. The summed E-state index contributed by atoms with van der Waals surface area (Å²) in [7, 11) is 0. The minimum atomic E-state index is -0.155. The molecule has 0 aliphatic rings. The molecule has 0 aliphatic heterocycles. The van der Waals surface area contributed by atoms with E-state index in [1.54, 1.807) is 6.20 Å². The lowest BCUT2D eigenvalue weighted by Gasteiger charge is -2.14. The molecule has 2 heterocycles. The van der Waals surface area contributed by atoms with Crippen molar-refractivity contribution in [2.45, 2.75) is 32.7 Å². The van der Waals surface area contributed by atoms with Crippen molar-refractivity contribution in [3.63, 3.8) is 0 Å². The number of benzene rings is 2. The van der Waals surface area contributed by atoms with Gasteiger partial charge in [-0.1, -0.05) is 53.7 Å². The summed E-state index contributed by atoms with van der Waals surface area (Å²) in [6.45, 7) is 3.96. The van der Waals surface area contributed by atoms with Crippen LogP contribution in [0.3, 0.4) is 0 Å². The molecule has 7 nitrogen and oxygen atoms in total. The molecule has 0 saturated heterocycles. The van der Waals surface area contributed by atoms with Gasteiger partial charge in [0.15, 0.2) is 0 Å². The van der Waals surface area contributed by atoms with E-state index >= 15 is 0 Å². The molecule has 0 saturated carbocycles. The first-order valence-electron chi connectivity index (χ1n) is 9.89. The minimum Gasteiger partial charge on any atom is -0.349 e. The summed E-state index contributed by atoms with van der Waals surface area (Å²) in [5, 5.41) is 11.5. The number of carbonyl (C=O) groups excluding carboxylic acids is 1. The van der Waals surface area contributed by atoms with E-state index in [1.165, 1.54) is 0 Å². The van der Waals surface area contributed by atoms with Gasteiger partial charge in [0.25, 0.3) is 0 Å². The number of hydrogen-bond acceptors (Lipinski definition) is 5. The smallest absolute Gasteiger partial charge is 0.227 e. The van der Waals surface area contributed by atoms with Crippen molar-refractivity contribution in [1.82, 2.24) is 25.2 Å². The normalized spacial score (nSPS) is 11.9. The Hall–Kier alpha value is -3.74. The SMILES string of the molecule is Cc1c(C(C)NC(=O)CCc2nc(-c3ccccc3)no2)cnn1-c1ccccc1. The van der Waals surface area contributed by atoms with E-state index in [1.807, 2.05) is 79.2 Å². The van der Waals surface area contributed by atoms with Gasteiger partial charge in [-0.2, -0.15) is 10.1 Å². The van der Waals surface area contributed by atoms with Crippen molar-refractivity contribution >= 4 is 5.91 Å². The van der Waals surface area contributed by atoms with Crippen LogP contribution in [0, 0.1) is 6.92 Å². The first-order valence-corrected chi connectivity index (χ1v) is 9.89. The highest BCUT2D eigenvalue weighted by Crippen LogP contribution is 2.20. The van der Waals surface area contributed by atoms with Crippen LogP contribution in [0.1, 0.15) is 36.5 Å². The number of nitrogens with zero attached hydrogens (tertiary/aromatic N) is 4. The Kier molecular flexibility index (Phi) is 5.70. The summed E-state index contributed by atoms with van der Waals surface area (Å²) in [5.41, 5.74) is 3.86. The average Bonchev–Trinajstić information content (AvgIpc) is 3.40. The van der Waals surface area contributed by atoms with E-state index in [9.17, 15) is 4.79 Å². The average molecular weight is 401 g/mol. The molecule has 1 N–H and O–H groups in total. The summed E-state index contributed by atoms with van der Waals surface area (Å²) in [5.74, 6) is 0.905. The quantitative estimate of drug-likeness (QED) is 0.505. The number of amides is 1. The predicted octanol–water partition coefficient (Wildman–Crippen LogP) is 4.04. The van der Waals surface area contributed by atoms with Gasteiger partial charge in [-0.3, -0.25) is 4.79 Å². The van der Waals surface area contributed by atoms with E-state index < -0.39 is 0 Å². The number of para-hydroxylation sites is 1. The Labute approximate surface area is 174 Å². The Morgan fingerprint density at radius 1 is 1.10 bits per heavy atom. The van der Waals surface area contributed by atoms with Crippen molar-refractivity contribution in [3.05, 3.63) is 84.0 Å². The van der Waals surface area contributed by atoms with Gasteiger partial charge in [-0.25, -0.2) is 4.68 Å². The maximum atomic E-state index is 12.4. The molecule has 1 atom stereocenters. The highest BCUT2D eigenvalue weighted by atomic mass is 16.5. The topological polar surface area (TPSA) is 85.8 Å². The molecule has 0 aliphatic carbocycles. The molecule has 4 aromatic rings. The highest BCUT2D eigenvalue weighted by Gasteiger charge is 2.17. The molecule has 30 heavy (non-hydrogen) atoms. The van der Waals surface area contributed by atoms with Crippen LogP contribution in [-0.4, -0.2) is 25.8 Å². The molecule has 0 radical (unpaired) electrons. The van der Waals surface area contributed by atoms with Crippen molar-refractivity contribution < 1.29 is 9.32 Å². The Balaban J connectivity index is 1.35. The molecule has 0 bridgehead atoms. The predicted molar refractivity (Wildman–Crippen MR) is 113 cm³/mol. The van der Waals surface area contributed by atoms with Gasteiger partial charge < -0.3 is 9.84 Å². The van der Waals surface area contributed by atoms with Gasteiger partial charge in [-0.05, 0) is 26.0 Å². The molecule has 152 valence electrons. The van der Waals surface area contributed by atoms with E-state index in [0.717, 1.165) is 22.5 Å². The van der Waals surface area contributed by atoms with Crippen LogP contribution in [0.4, 0.5) is 0 Å². The second-order valence-electron chi connectivity index (χ2n) is 7.10. The lowest BCUT2D eigenvalue weighted by Crippen LogP contribution is -2.27. The van der Waals surface area contributed by atoms with Crippen LogP contribution in [0.15, 0.2) is 71.4 Å². The van der Waals surface area contributed by atoms with Gasteiger partial charge in [-0.15, -0.1) is 0 Å². The van der Waals surface area contributed by atoms with E-state index in [4.69, 9.17) is 4.52 Å². The van der Waals surface area contributed by atoms with Gasteiger partial charge >= 0.3 is 0 Å². The lowest BCUT2D eigenvalue weighted by molar-refractivity contribution is -0.121. The fourth-order valence-corrected chi connectivity index (χ4v) is 3.35. The first kappa shape index (κ1) is 19.6. The Morgan fingerprint density at radius 3 is 2.53 bits per heavy atom. The third-order valence-electron chi connectivity index (χ3n) is 4.96. The molecular weight excluding hydrogens is 378 g/mol. The molecular formula is C23H23N5O2. The molecule has 0 fully saturated rings. The summed E-state index contributed by atoms with van der Waals surface area (Å²) < 4.78 is 7.15. The molecule has 1 amide bonds. The van der Waals surface area contributed by atoms with E-state index in [2.05, 4.69) is 20.6 Å². The van der Waals surface area contributed by atoms with Crippen molar-refractivity contribution in [2.75, 3.05) is 0 Å². The second-order valence-corrected chi connectivity index (χ2v) is 7.10. The van der Waals surface area contributed by atoms with Crippen molar-refractivity contribution in [1.29, 1.82) is 0 Å². The number of aryl methyl sites for hydroxylation is 1. The molecule has 0 spiro atoms. The van der Waals surface area contributed by atoms with Crippen LogP contribution in [0.25, 0.3) is 17.1 Å². The summed E-state index contributed by atoms with van der Waals surface area (Å²) >= 11 is 0. The number of nitrogens with one attached hydrogen (secondary N) is 1. The summed E-state index contributed by atoms with van der Waals surface area (Å²) in [4.78, 5) is 16.8.